The first-order valence-corrected chi connectivity index (χ1v) is 8.38. The largest absolute Gasteiger partial charge is 0.452 e. The number of fused-ring (bicyclic) bond motifs is 1. The highest BCUT2D eigenvalue weighted by molar-refractivity contribution is 7.22. The normalized spacial score (nSPS) is 10.6. The second-order valence-electron chi connectivity index (χ2n) is 4.74. The van der Waals surface area contributed by atoms with Gasteiger partial charge in [-0.1, -0.05) is 46.7 Å². The van der Waals surface area contributed by atoms with E-state index in [1.54, 1.807) is 6.07 Å². The topological polar surface area (TPSA) is 68.3 Å². The summed E-state index contributed by atoms with van der Waals surface area (Å²) in [6.07, 6.45) is 0. The maximum absolute atomic E-state index is 12.0. The molecule has 1 aromatic heterocycles. The average molecular weight is 381 g/mol. The Bertz CT molecular complexity index is 894. The van der Waals surface area contributed by atoms with Crippen molar-refractivity contribution < 1.29 is 14.3 Å². The Hall–Kier alpha value is -2.15. The van der Waals surface area contributed by atoms with Gasteiger partial charge in [0.15, 0.2) is 11.7 Å². The lowest BCUT2D eigenvalue weighted by Crippen LogP contribution is -2.21. The SMILES string of the molecule is O=C(COC(=O)c1cc(Cl)ccc1Cl)Nc1nc2ccccc2s1. The number of carbonyl (C=O) groups excluding carboxylic acids is 2. The molecule has 0 aliphatic heterocycles. The first-order valence-electron chi connectivity index (χ1n) is 6.80. The van der Waals surface area contributed by atoms with Crippen molar-refractivity contribution in [1.82, 2.24) is 4.98 Å². The van der Waals surface area contributed by atoms with E-state index in [0.29, 0.717) is 10.2 Å². The molecule has 0 radical (unpaired) electrons. The summed E-state index contributed by atoms with van der Waals surface area (Å²) >= 11 is 13.1. The highest BCUT2D eigenvalue weighted by Crippen LogP contribution is 2.25. The highest BCUT2D eigenvalue weighted by Gasteiger charge is 2.15. The van der Waals surface area contributed by atoms with E-state index < -0.39 is 18.5 Å². The van der Waals surface area contributed by atoms with Crippen LogP contribution in [0.1, 0.15) is 10.4 Å². The molecule has 3 rings (SSSR count). The fourth-order valence-corrected chi connectivity index (χ4v) is 3.19. The second-order valence-corrected chi connectivity index (χ2v) is 6.61. The van der Waals surface area contributed by atoms with Crippen molar-refractivity contribution in [2.75, 3.05) is 11.9 Å². The fraction of sp³-hybridized carbons (Fsp3) is 0.0625. The Morgan fingerprint density at radius 1 is 1.17 bits per heavy atom. The maximum Gasteiger partial charge on any atom is 0.340 e. The van der Waals surface area contributed by atoms with Gasteiger partial charge in [0.2, 0.25) is 0 Å². The Balaban J connectivity index is 1.61. The zero-order valence-corrected chi connectivity index (χ0v) is 14.4. The molecule has 3 aromatic rings. The number of hydrogen-bond acceptors (Lipinski definition) is 5. The molecule has 0 fully saturated rings. The molecular weight excluding hydrogens is 371 g/mol. The molecule has 0 aliphatic carbocycles. The van der Waals surface area contributed by atoms with E-state index in [1.165, 1.54) is 23.5 Å². The van der Waals surface area contributed by atoms with E-state index in [9.17, 15) is 9.59 Å². The summed E-state index contributed by atoms with van der Waals surface area (Å²) < 4.78 is 5.91. The third-order valence-electron chi connectivity index (χ3n) is 3.02. The standard InChI is InChI=1S/C16H10Cl2N2O3S/c17-9-5-6-11(18)10(7-9)15(22)23-8-14(21)20-16-19-12-3-1-2-4-13(12)24-16/h1-7H,8H2,(H,19,20,21). The van der Waals surface area contributed by atoms with Gasteiger partial charge in [0.25, 0.3) is 5.91 Å². The first kappa shape index (κ1) is 16.7. The van der Waals surface area contributed by atoms with Crippen LogP contribution >= 0.6 is 34.5 Å². The fourth-order valence-electron chi connectivity index (χ4n) is 1.94. The van der Waals surface area contributed by atoms with E-state index in [0.717, 1.165) is 10.2 Å². The summed E-state index contributed by atoms with van der Waals surface area (Å²) in [6, 6.07) is 11.9. The smallest absolute Gasteiger partial charge is 0.340 e. The lowest BCUT2D eigenvalue weighted by molar-refractivity contribution is -0.119. The van der Waals surface area contributed by atoms with E-state index >= 15 is 0 Å². The molecule has 0 atom stereocenters. The summed E-state index contributed by atoms with van der Waals surface area (Å²) in [7, 11) is 0. The molecule has 0 saturated heterocycles. The number of benzene rings is 2. The first-order chi connectivity index (χ1) is 11.5. The van der Waals surface area contributed by atoms with Crippen LogP contribution in [0, 0.1) is 0 Å². The molecule has 24 heavy (non-hydrogen) atoms. The van der Waals surface area contributed by atoms with Crippen LogP contribution < -0.4 is 5.32 Å². The number of aromatic nitrogens is 1. The zero-order valence-electron chi connectivity index (χ0n) is 12.1. The molecular formula is C16H10Cl2N2O3S. The number of nitrogens with zero attached hydrogens (tertiary/aromatic N) is 1. The summed E-state index contributed by atoms with van der Waals surface area (Å²) in [5.74, 6) is -1.21. The van der Waals surface area contributed by atoms with Crippen LogP contribution in [0.15, 0.2) is 42.5 Å². The van der Waals surface area contributed by atoms with Crippen LogP contribution in [-0.4, -0.2) is 23.5 Å². The van der Waals surface area contributed by atoms with E-state index in [-0.39, 0.29) is 10.6 Å². The van der Waals surface area contributed by atoms with E-state index in [4.69, 9.17) is 27.9 Å². The molecule has 0 spiro atoms. The Labute approximate surface area is 151 Å². The predicted molar refractivity (Wildman–Crippen MR) is 95.0 cm³/mol. The van der Waals surface area contributed by atoms with E-state index in [1.807, 2.05) is 24.3 Å². The van der Waals surface area contributed by atoms with Crippen molar-refractivity contribution in [2.24, 2.45) is 0 Å². The van der Waals surface area contributed by atoms with Crippen molar-refractivity contribution in [1.29, 1.82) is 0 Å². The minimum Gasteiger partial charge on any atom is -0.452 e. The van der Waals surface area contributed by atoms with Crippen LogP contribution in [0.2, 0.25) is 10.0 Å². The van der Waals surface area contributed by atoms with Crippen LogP contribution in [0.5, 0.6) is 0 Å². The van der Waals surface area contributed by atoms with Crippen LogP contribution in [0.4, 0.5) is 5.13 Å². The van der Waals surface area contributed by atoms with Gasteiger partial charge >= 0.3 is 5.97 Å². The maximum atomic E-state index is 12.0. The van der Waals surface area contributed by atoms with Gasteiger partial charge in [-0.15, -0.1) is 0 Å². The van der Waals surface area contributed by atoms with Gasteiger partial charge in [0.05, 0.1) is 20.8 Å². The van der Waals surface area contributed by atoms with Crippen molar-refractivity contribution in [3.05, 3.63) is 58.1 Å². The molecule has 122 valence electrons. The molecule has 0 unspecified atom stereocenters. The second kappa shape index (κ2) is 7.17. The summed E-state index contributed by atoms with van der Waals surface area (Å²) in [6.45, 7) is -0.447. The van der Waals surface area contributed by atoms with Gasteiger partial charge in [-0.05, 0) is 30.3 Å². The van der Waals surface area contributed by atoms with Gasteiger partial charge in [-0.3, -0.25) is 10.1 Å². The Morgan fingerprint density at radius 2 is 1.96 bits per heavy atom. The number of carbonyl (C=O) groups is 2. The molecule has 0 saturated carbocycles. The monoisotopic (exact) mass is 380 g/mol. The number of ether oxygens (including phenoxy) is 1. The Kier molecular flexibility index (Phi) is 4.99. The number of anilines is 1. The summed E-state index contributed by atoms with van der Waals surface area (Å²) in [5, 5.41) is 3.60. The summed E-state index contributed by atoms with van der Waals surface area (Å²) in [5.41, 5.74) is 0.900. The van der Waals surface area contributed by atoms with Crippen LogP contribution in [-0.2, 0) is 9.53 Å². The minimum absolute atomic E-state index is 0.108. The Morgan fingerprint density at radius 3 is 2.75 bits per heavy atom. The van der Waals surface area contributed by atoms with Gasteiger partial charge < -0.3 is 4.74 Å². The predicted octanol–water partition coefficient (Wildman–Crippen LogP) is 4.40. The lowest BCUT2D eigenvalue weighted by atomic mass is 10.2. The number of halogens is 2. The molecule has 8 heteroatoms. The van der Waals surface area contributed by atoms with Crippen molar-refractivity contribution in [2.45, 2.75) is 0 Å². The van der Waals surface area contributed by atoms with Gasteiger partial charge in [0.1, 0.15) is 0 Å². The third-order valence-corrected chi connectivity index (χ3v) is 4.54. The molecule has 1 amide bonds. The lowest BCUT2D eigenvalue weighted by Gasteiger charge is -2.06. The zero-order chi connectivity index (χ0) is 17.1. The van der Waals surface area contributed by atoms with Crippen molar-refractivity contribution >= 4 is 61.8 Å². The molecule has 0 aliphatic rings. The molecule has 1 N–H and O–H groups in total. The van der Waals surface area contributed by atoms with Gasteiger partial charge in [0, 0.05) is 5.02 Å². The summed E-state index contributed by atoms with van der Waals surface area (Å²) in [4.78, 5) is 28.1. The third kappa shape index (κ3) is 3.84. The number of rotatable bonds is 4. The van der Waals surface area contributed by atoms with Crippen molar-refractivity contribution in [3.8, 4) is 0 Å². The number of thiazole rings is 1. The van der Waals surface area contributed by atoms with Crippen molar-refractivity contribution in [3.63, 3.8) is 0 Å². The molecule has 2 aromatic carbocycles. The number of esters is 1. The van der Waals surface area contributed by atoms with E-state index in [2.05, 4.69) is 10.3 Å². The van der Waals surface area contributed by atoms with Crippen LogP contribution in [0.3, 0.4) is 0 Å². The molecule has 1 heterocycles. The van der Waals surface area contributed by atoms with Gasteiger partial charge in [-0.2, -0.15) is 0 Å². The molecule has 5 nitrogen and oxygen atoms in total. The minimum atomic E-state index is -0.720. The highest BCUT2D eigenvalue weighted by atomic mass is 35.5. The number of nitrogens with one attached hydrogen (secondary N) is 1. The average Bonchev–Trinajstić information content (AvgIpc) is 2.97. The number of para-hydroxylation sites is 1. The number of amides is 1. The molecule has 0 bridgehead atoms. The quantitative estimate of drug-likeness (QED) is 0.681. The van der Waals surface area contributed by atoms with Gasteiger partial charge in [-0.25, -0.2) is 9.78 Å². The number of hydrogen-bond donors (Lipinski definition) is 1. The van der Waals surface area contributed by atoms with Crippen LogP contribution in [0.25, 0.3) is 10.2 Å².